The highest BCUT2D eigenvalue weighted by molar-refractivity contribution is 5.75. The Morgan fingerprint density at radius 1 is 1.18 bits per heavy atom. The zero-order valence-electron chi connectivity index (χ0n) is 12.8. The number of carbonyl (C=O) groups is 1. The molecule has 5 heteroatoms. The topological polar surface area (TPSA) is 73.6 Å². The number of nitrogens with two attached hydrogens (primary N) is 1. The van der Waals surface area contributed by atoms with E-state index in [0.29, 0.717) is 12.3 Å². The summed E-state index contributed by atoms with van der Waals surface area (Å²) in [6.07, 6.45) is 0. The molecule has 0 fully saturated rings. The first kappa shape index (κ1) is 15.7. The molecule has 22 heavy (non-hydrogen) atoms. The van der Waals surface area contributed by atoms with Crippen molar-refractivity contribution in [3.8, 4) is 11.5 Å². The molecule has 116 valence electrons. The van der Waals surface area contributed by atoms with Gasteiger partial charge in [-0.3, -0.25) is 4.79 Å². The summed E-state index contributed by atoms with van der Waals surface area (Å²) >= 11 is 0. The molecule has 0 aliphatic rings. The number of benzene rings is 2. The Labute approximate surface area is 130 Å². The van der Waals surface area contributed by atoms with Crippen LogP contribution >= 0.6 is 0 Å². The SMILES string of the molecule is COc1ccc(C)cc1NCc1ccc(OCC(N)=O)cc1. The Hall–Kier alpha value is -2.69. The van der Waals surface area contributed by atoms with Crippen molar-refractivity contribution in [2.45, 2.75) is 13.5 Å². The van der Waals surface area contributed by atoms with E-state index in [2.05, 4.69) is 5.32 Å². The number of hydrogen-bond acceptors (Lipinski definition) is 4. The van der Waals surface area contributed by atoms with Crippen LogP contribution in [0, 0.1) is 6.92 Å². The second-order valence-corrected chi connectivity index (χ2v) is 4.96. The molecule has 0 heterocycles. The third-order valence-corrected chi connectivity index (χ3v) is 3.14. The van der Waals surface area contributed by atoms with E-state index in [1.165, 1.54) is 5.56 Å². The monoisotopic (exact) mass is 300 g/mol. The molecule has 2 aromatic carbocycles. The van der Waals surface area contributed by atoms with Crippen LogP contribution in [-0.4, -0.2) is 19.6 Å². The molecule has 1 amide bonds. The second kappa shape index (κ2) is 7.36. The van der Waals surface area contributed by atoms with Gasteiger partial charge in [-0.05, 0) is 42.3 Å². The lowest BCUT2D eigenvalue weighted by molar-refractivity contribution is -0.119. The molecule has 0 atom stereocenters. The Balaban J connectivity index is 1.97. The molecule has 0 saturated carbocycles. The number of methoxy groups -OCH3 is 1. The average Bonchev–Trinajstić information content (AvgIpc) is 2.52. The Morgan fingerprint density at radius 3 is 2.55 bits per heavy atom. The van der Waals surface area contributed by atoms with E-state index >= 15 is 0 Å². The maximum Gasteiger partial charge on any atom is 0.255 e. The first-order valence-electron chi connectivity index (χ1n) is 6.97. The lowest BCUT2D eigenvalue weighted by atomic mass is 10.2. The molecule has 2 aromatic rings. The van der Waals surface area contributed by atoms with Gasteiger partial charge in [0.25, 0.3) is 5.91 Å². The largest absolute Gasteiger partial charge is 0.495 e. The summed E-state index contributed by atoms with van der Waals surface area (Å²) in [5.41, 5.74) is 8.25. The van der Waals surface area contributed by atoms with E-state index in [0.717, 1.165) is 17.0 Å². The second-order valence-electron chi connectivity index (χ2n) is 4.96. The molecule has 0 spiro atoms. The fraction of sp³-hybridized carbons (Fsp3) is 0.235. The highest BCUT2D eigenvalue weighted by Crippen LogP contribution is 2.25. The highest BCUT2D eigenvalue weighted by atomic mass is 16.5. The summed E-state index contributed by atoms with van der Waals surface area (Å²) < 4.78 is 10.6. The minimum atomic E-state index is -0.489. The van der Waals surface area contributed by atoms with Gasteiger partial charge in [0.15, 0.2) is 6.61 Å². The number of amides is 1. The van der Waals surface area contributed by atoms with E-state index < -0.39 is 5.91 Å². The molecule has 2 rings (SSSR count). The first-order chi connectivity index (χ1) is 10.6. The van der Waals surface area contributed by atoms with E-state index in [9.17, 15) is 4.79 Å². The number of carbonyl (C=O) groups excluding carboxylic acids is 1. The molecule has 0 aliphatic carbocycles. The number of ether oxygens (including phenoxy) is 2. The lowest BCUT2D eigenvalue weighted by Gasteiger charge is -2.12. The Bertz CT molecular complexity index is 639. The average molecular weight is 300 g/mol. The van der Waals surface area contributed by atoms with Gasteiger partial charge in [-0.2, -0.15) is 0 Å². The van der Waals surface area contributed by atoms with Gasteiger partial charge in [-0.25, -0.2) is 0 Å². The van der Waals surface area contributed by atoms with Crippen LogP contribution in [-0.2, 0) is 11.3 Å². The van der Waals surface area contributed by atoms with Crippen molar-refractivity contribution in [3.05, 3.63) is 53.6 Å². The Morgan fingerprint density at radius 2 is 1.91 bits per heavy atom. The van der Waals surface area contributed by atoms with Crippen LogP contribution in [0.2, 0.25) is 0 Å². The van der Waals surface area contributed by atoms with E-state index in [1.807, 2.05) is 49.4 Å². The molecule has 5 nitrogen and oxygen atoms in total. The third kappa shape index (κ3) is 4.41. The predicted molar refractivity (Wildman–Crippen MR) is 86.2 cm³/mol. The van der Waals surface area contributed by atoms with E-state index in [4.69, 9.17) is 15.2 Å². The highest BCUT2D eigenvalue weighted by Gasteiger charge is 2.03. The molecule has 0 bridgehead atoms. The van der Waals surface area contributed by atoms with Crippen molar-refractivity contribution in [1.29, 1.82) is 0 Å². The normalized spacial score (nSPS) is 10.1. The maximum absolute atomic E-state index is 10.7. The number of nitrogens with one attached hydrogen (secondary N) is 1. The van der Waals surface area contributed by atoms with Crippen LogP contribution in [0.15, 0.2) is 42.5 Å². The number of hydrogen-bond donors (Lipinski definition) is 2. The van der Waals surface area contributed by atoms with Crippen molar-refractivity contribution in [2.75, 3.05) is 19.0 Å². The van der Waals surface area contributed by atoms with Crippen LogP contribution in [0.25, 0.3) is 0 Å². The van der Waals surface area contributed by atoms with Crippen molar-refractivity contribution < 1.29 is 14.3 Å². The fourth-order valence-corrected chi connectivity index (χ4v) is 2.02. The first-order valence-corrected chi connectivity index (χ1v) is 6.97. The van der Waals surface area contributed by atoms with Crippen molar-refractivity contribution in [2.24, 2.45) is 5.73 Å². The quantitative estimate of drug-likeness (QED) is 0.824. The standard InChI is InChI=1S/C17H20N2O3/c1-12-3-8-16(21-2)15(9-12)19-10-13-4-6-14(7-5-13)22-11-17(18)20/h3-9,19H,10-11H2,1-2H3,(H2,18,20). The van der Waals surface area contributed by atoms with Crippen LogP contribution < -0.4 is 20.5 Å². The minimum absolute atomic E-state index is 0.113. The maximum atomic E-state index is 10.7. The summed E-state index contributed by atoms with van der Waals surface area (Å²) in [4.78, 5) is 10.7. The van der Waals surface area contributed by atoms with E-state index in [1.54, 1.807) is 7.11 Å². The van der Waals surface area contributed by atoms with Crippen molar-refractivity contribution in [1.82, 2.24) is 0 Å². The van der Waals surface area contributed by atoms with Crippen LogP contribution in [0.3, 0.4) is 0 Å². The predicted octanol–water partition coefficient (Wildman–Crippen LogP) is 2.48. The van der Waals surface area contributed by atoms with Crippen molar-refractivity contribution >= 4 is 11.6 Å². The summed E-state index contributed by atoms with van der Waals surface area (Å²) in [5.74, 6) is 0.944. The van der Waals surface area contributed by atoms with Gasteiger partial charge in [0.05, 0.1) is 12.8 Å². The third-order valence-electron chi connectivity index (χ3n) is 3.14. The molecule has 3 N–H and O–H groups in total. The molecular weight excluding hydrogens is 280 g/mol. The summed E-state index contributed by atoms with van der Waals surface area (Å²) in [7, 11) is 1.65. The van der Waals surface area contributed by atoms with Gasteiger partial charge in [0, 0.05) is 6.54 Å². The van der Waals surface area contributed by atoms with Gasteiger partial charge in [0.2, 0.25) is 0 Å². The van der Waals surface area contributed by atoms with Crippen molar-refractivity contribution in [3.63, 3.8) is 0 Å². The summed E-state index contributed by atoms with van der Waals surface area (Å²) in [6, 6.07) is 13.5. The number of aryl methyl sites for hydroxylation is 1. The molecule has 0 aromatic heterocycles. The minimum Gasteiger partial charge on any atom is -0.495 e. The molecular formula is C17H20N2O3. The van der Waals surface area contributed by atoms with E-state index in [-0.39, 0.29) is 6.61 Å². The summed E-state index contributed by atoms with van der Waals surface area (Å²) in [6.45, 7) is 2.59. The molecule has 0 aliphatic heterocycles. The number of anilines is 1. The summed E-state index contributed by atoms with van der Waals surface area (Å²) in [5, 5.41) is 3.35. The van der Waals surface area contributed by atoms with Gasteiger partial charge in [0.1, 0.15) is 11.5 Å². The lowest BCUT2D eigenvalue weighted by Crippen LogP contribution is -2.19. The zero-order valence-corrected chi connectivity index (χ0v) is 12.8. The molecule has 0 radical (unpaired) electrons. The van der Waals surface area contributed by atoms with Crippen LogP contribution in [0.5, 0.6) is 11.5 Å². The smallest absolute Gasteiger partial charge is 0.255 e. The van der Waals surface area contributed by atoms with Gasteiger partial charge < -0.3 is 20.5 Å². The molecule has 0 unspecified atom stereocenters. The Kier molecular flexibility index (Phi) is 5.25. The van der Waals surface area contributed by atoms with Gasteiger partial charge in [-0.15, -0.1) is 0 Å². The van der Waals surface area contributed by atoms with Crippen LogP contribution in [0.4, 0.5) is 5.69 Å². The zero-order chi connectivity index (χ0) is 15.9. The fourth-order valence-electron chi connectivity index (χ4n) is 2.02. The van der Waals surface area contributed by atoms with Gasteiger partial charge in [-0.1, -0.05) is 18.2 Å². The van der Waals surface area contributed by atoms with Crippen LogP contribution in [0.1, 0.15) is 11.1 Å². The number of rotatable bonds is 7. The molecule has 0 saturated heterocycles. The van der Waals surface area contributed by atoms with Gasteiger partial charge >= 0.3 is 0 Å². The number of primary amides is 1.